The molecule has 2 N–H and O–H groups in total. The lowest BCUT2D eigenvalue weighted by Crippen LogP contribution is -2.41. The number of carbonyl (C=O) groups excluding carboxylic acids is 1. The summed E-state index contributed by atoms with van der Waals surface area (Å²) in [6.45, 7) is -0.0424. The second-order valence-corrected chi connectivity index (χ2v) is 5.30. The summed E-state index contributed by atoms with van der Waals surface area (Å²) >= 11 is 0. The molecule has 1 saturated carbocycles. The first-order valence-electron chi connectivity index (χ1n) is 7.11. The van der Waals surface area contributed by atoms with Crippen LogP contribution >= 0.6 is 0 Å². The van der Waals surface area contributed by atoms with Crippen molar-refractivity contribution >= 4 is 23.6 Å². The monoisotopic (exact) mass is 291 g/mol. The fourth-order valence-electron chi connectivity index (χ4n) is 2.87. The number of hydrogen-bond donors (Lipinski definition) is 2. The van der Waals surface area contributed by atoms with Crippen LogP contribution in [0.5, 0.6) is 5.75 Å². The SMILES string of the molecule is O=C1COc2ccc(N(C(=O)O)C3CCCCC3)nc2N1. The van der Waals surface area contributed by atoms with Gasteiger partial charge in [-0.2, -0.15) is 0 Å². The third kappa shape index (κ3) is 2.76. The Labute approximate surface area is 121 Å². The number of ether oxygens (including phenoxy) is 1. The highest BCUT2D eigenvalue weighted by Gasteiger charge is 2.29. The summed E-state index contributed by atoms with van der Waals surface area (Å²) < 4.78 is 5.24. The van der Waals surface area contributed by atoms with Gasteiger partial charge in [0.05, 0.1) is 0 Å². The molecule has 1 aliphatic heterocycles. The van der Waals surface area contributed by atoms with E-state index in [0.717, 1.165) is 32.1 Å². The summed E-state index contributed by atoms with van der Waals surface area (Å²) in [6, 6.07) is 3.22. The number of aromatic nitrogens is 1. The van der Waals surface area contributed by atoms with Gasteiger partial charge in [-0.3, -0.25) is 9.69 Å². The van der Waals surface area contributed by atoms with Gasteiger partial charge in [0.1, 0.15) is 5.82 Å². The number of nitrogens with zero attached hydrogens (tertiary/aromatic N) is 2. The van der Waals surface area contributed by atoms with Crippen LogP contribution in [-0.4, -0.2) is 34.7 Å². The molecule has 1 fully saturated rings. The molecule has 3 rings (SSSR count). The van der Waals surface area contributed by atoms with E-state index >= 15 is 0 Å². The maximum Gasteiger partial charge on any atom is 0.413 e. The third-order valence-electron chi connectivity index (χ3n) is 3.85. The molecule has 112 valence electrons. The molecule has 1 aromatic rings. The highest BCUT2D eigenvalue weighted by atomic mass is 16.5. The standard InChI is InChI=1S/C14H17N3O4/c18-12-8-21-10-6-7-11(15-13(10)16-12)17(14(19)20)9-4-2-1-3-5-9/h6-7,9H,1-5,8H2,(H,19,20)(H,15,16,18). The molecule has 0 aromatic carbocycles. The van der Waals surface area contributed by atoms with E-state index in [2.05, 4.69) is 10.3 Å². The summed E-state index contributed by atoms with van der Waals surface area (Å²) in [4.78, 5) is 28.5. The van der Waals surface area contributed by atoms with Gasteiger partial charge >= 0.3 is 6.09 Å². The summed E-state index contributed by atoms with van der Waals surface area (Å²) in [5.74, 6) is 0.795. The van der Waals surface area contributed by atoms with E-state index in [0.29, 0.717) is 11.6 Å². The molecule has 2 amide bonds. The van der Waals surface area contributed by atoms with Crippen molar-refractivity contribution in [3.63, 3.8) is 0 Å². The van der Waals surface area contributed by atoms with Gasteiger partial charge in [0.2, 0.25) is 0 Å². The second kappa shape index (κ2) is 5.59. The van der Waals surface area contributed by atoms with Crippen LogP contribution in [0.2, 0.25) is 0 Å². The topological polar surface area (TPSA) is 91.8 Å². The zero-order valence-corrected chi connectivity index (χ0v) is 11.5. The van der Waals surface area contributed by atoms with Crippen molar-refractivity contribution in [1.82, 2.24) is 4.98 Å². The second-order valence-electron chi connectivity index (χ2n) is 5.30. The van der Waals surface area contributed by atoms with E-state index in [1.165, 1.54) is 4.90 Å². The molecule has 7 nitrogen and oxygen atoms in total. The van der Waals surface area contributed by atoms with E-state index in [1.807, 2.05) is 0 Å². The van der Waals surface area contributed by atoms with Gasteiger partial charge in [0.15, 0.2) is 18.2 Å². The van der Waals surface area contributed by atoms with E-state index in [-0.39, 0.29) is 24.4 Å². The van der Waals surface area contributed by atoms with Crippen molar-refractivity contribution in [2.45, 2.75) is 38.1 Å². The zero-order valence-electron chi connectivity index (χ0n) is 11.5. The molecule has 21 heavy (non-hydrogen) atoms. The smallest absolute Gasteiger partial charge is 0.413 e. The Hall–Kier alpha value is -2.31. The number of hydrogen-bond acceptors (Lipinski definition) is 4. The quantitative estimate of drug-likeness (QED) is 0.871. The first-order chi connectivity index (χ1) is 10.1. The lowest BCUT2D eigenvalue weighted by molar-refractivity contribution is -0.118. The maximum atomic E-state index is 11.6. The fourth-order valence-corrected chi connectivity index (χ4v) is 2.87. The van der Waals surface area contributed by atoms with Crippen molar-refractivity contribution < 1.29 is 19.4 Å². The Bertz CT molecular complexity index is 569. The molecule has 7 heteroatoms. The first kappa shape index (κ1) is 13.7. The maximum absolute atomic E-state index is 11.6. The molecule has 0 spiro atoms. The van der Waals surface area contributed by atoms with Crippen molar-refractivity contribution in [3.8, 4) is 5.75 Å². The lowest BCUT2D eigenvalue weighted by Gasteiger charge is -2.31. The van der Waals surface area contributed by atoms with Crippen LogP contribution in [0.3, 0.4) is 0 Å². The van der Waals surface area contributed by atoms with Gasteiger partial charge in [-0.15, -0.1) is 0 Å². The molecule has 2 heterocycles. The third-order valence-corrected chi connectivity index (χ3v) is 3.85. The molecule has 0 radical (unpaired) electrons. The van der Waals surface area contributed by atoms with Crippen LogP contribution in [0.15, 0.2) is 12.1 Å². The molecule has 0 saturated heterocycles. The van der Waals surface area contributed by atoms with Crippen LogP contribution in [0.25, 0.3) is 0 Å². The highest BCUT2D eigenvalue weighted by Crippen LogP contribution is 2.31. The molecular weight excluding hydrogens is 274 g/mol. The largest absolute Gasteiger partial charge is 0.480 e. The number of pyridine rings is 1. The van der Waals surface area contributed by atoms with E-state index in [4.69, 9.17) is 4.74 Å². The van der Waals surface area contributed by atoms with Crippen LogP contribution in [0, 0.1) is 0 Å². The van der Waals surface area contributed by atoms with Gasteiger partial charge in [0.25, 0.3) is 5.91 Å². The van der Waals surface area contributed by atoms with E-state index < -0.39 is 6.09 Å². The average molecular weight is 291 g/mol. The first-order valence-corrected chi connectivity index (χ1v) is 7.11. The van der Waals surface area contributed by atoms with E-state index in [9.17, 15) is 14.7 Å². The Morgan fingerprint density at radius 3 is 2.81 bits per heavy atom. The Morgan fingerprint density at radius 1 is 1.33 bits per heavy atom. The molecule has 1 aromatic heterocycles. The van der Waals surface area contributed by atoms with E-state index in [1.54, 1.807) is 12.1 Å². The number of carboxylic acid groups (broad SMARTS) is 1. The van der Waals surface area contributed by atoms with Gasteiger partial charge in [-0.25, -0.2) is 9.78 Å². The summed E-state index contributed by atoms with van der Waals surface area (Å²) in [5, 5.41) is 12.1. The Balaban J connectivity index is 1.90. The van der Waals surface area contributed by atoms with Gasteiger partial charge in [0, 0.05) is 6.04 Å². The van der Waals surface area contributed by atoms with Crippen molar-refractivity contribution in [1.29, 1.82) is 0 Å². The molecule has 0 bridgehead atoms. The minimum atomic E-state index is -1.02. The minimum absolute atomic E-state index is 0.0424. The predicted molar refractivity (Wildman–Crippen MR) is 75.7 cm³/mol. The normalized spacial score (nSPS) is 18.4. The molecule has 0 atom stereocenters. The number of carbonyl (C=O) groups is 2. The summed E-state index contributed by atoms with van der Waals surface area (Å²) in [6.07, 6.45) is 3.86. The average Bonchev–Trinajstić information content (AvgIpc) is 2.48. The van der Waals surface area contributed by atoms with Gasteiger partial charge < -0.3 is 15.2 Å². The molecule has 0 unspecified atom stereocenters. The minimum Gasteiger partial charge on any atom is -0.480 e. The highest BCUT2D eigenvalue weighted by molar-refractivity contribution is 5.95. The zero-order chi connectivity index (χ0) is 14.8. The van der Waals surface area contributed by atoms with Crippen LogP contribution in [-0.2, 0) is 4.79 Å². The number of fused-ring (bicyclic) bond motifs is 1. The number of amides is 2. The van der Waals surface area contributed by atoms with Gasteiger partial charge in [-0.05, 0) is 25.0 Å². The summed E-state index contributed by atoms with van der Waals surface area (Å²) in [5.41, 5.74) is 0. The molecular formula is C14H17N3O4. The Morgan fingerprint density at radius 2 is 2.10 bits per heavy atom. The van der Waals surface area contributed by atoms with Gasteiger partial charge in [-0.1, -0.05) is 19.3 Å². The van der Waals surface area contributed by atoms with Crippen LogP contribution in [0.4, 0.5) is 16.4 Å². The van der Waals surface area contributed by atoms with Crippen molar-refractivity contribution in [3.05, 3.63) is 12.1 Å². The molecule has 2 aliphatic rings. The van der Waals surface area contributed by atoms with Crippen LogP contribution < -0.4 is 15.0 Å². The van der Waals surface area contributed by atoms with Crippen molar-refractivity contribution in [2.24, 2.45) is 0 Å². The Kier molecular flexibility index (Phi) is 3.64. The summed E-state index contributed by atoms with van der Waals surface area (Å²) in [7, 11) is 0. The lowest BCUT2D eigenvalue weighted by atomic mass is 9.94. The number of anilines is 2. The molecule has 1 aliphatic carbocycles. The number of nitrogens with one attached hydrogen (secondary N) is 1. The fraction of sp³-hybridized carbons (Fsp3) is 0.500. The number of rotatable bonds is 2. The predicted octanol–water partition coefficient (Wildman–Crippen LogP) is 2.23. The van der Waals surface area contributed by atoms with Crippen molar-refractivity contribution in [2.75, 3.05) is 16.8 Å². The van der Waals surface area contributed by atoms with Crippen LogP contribution in [0.1, 0.15) is 32.1 Å².